The van der Waals surface area contributed by atoms with E-state index in [4.69, 9.17) is 10.5 Å². The Bertz CT molecular complexity index is 357. The quantitative estimate of drug-likeness (QED) is 0.868. The van der Waals surface area contributed by atoms with Crippen molar-refractivity contribution in [3.8, 4) is 0 Å². The molecule has 2 fully saturated rings. The number of hydrogen-bond donors (Lipinski definition) is 1. The number of nitrogens with two attached hydrogens (primary N) is 1. The van der Waals surface area contributed by atoms with Gasteiger partial charge in [0, 0.05) is 32.2 Å². The van der Waals surface area contributed by atoms with E-state index in [1.54, 1.807) is 7.11 Å². The summed E-state index contributed by atoms with van der Waals surface area (Å²) in [6.07, 6.45) is 2.04. The average molecular weight is 305 g/mol. The molecular weight excluding hydrogens is 276 g/mol. The van der Waals surface area contributed by atoms with E-state index in [9.17, 15) is 4.79 Å². The Hall–Kier alpha value is -0.320. The molecule has 2 rings (SSSR count). The van der Waals surface area contributed by atoms with E-state index in [-0.39, 0.29) is 41.3 Å². The summed E-state index contributed by atoms with van der Waals surface area (Å²) in [6, 6.07) is 0.137. The van der Waals surface area contributed by atoms with Gasteiger partial charge < -0.3 is 15.4 Å². The van der Waals surface area contributed by atoms with Crippen LogP contribution < -0.4 is 5.73 Å². The van der Waals surface area contributed by atoms with E-state index >= 15 is 0 Å². The number of ether oxygens (including phenoxy) is 1. The fourth-order valence-corrected chi connectivity index (χ4v) is 3.72. The standard InChI is InChI=1S/C15H28N2O2.ClH/c1-14(2)12(15(14,3)4)13(18)17-7-6-11(19-5)8-10(17)9-16;/h10-12H,6-9,16H2,1-5H3;1H. The summed E-state index contributed by atoms with van der Waals surface area (Å²) < 4.78 is 5.42. The maximum atomic E-state index is 12.8. The number of methoxy groups -OCH3 is 1. The van der Waals surface area contributed by atoms with Crippen LogP contribution in [0.1, 0.15) is 40.5 Å². The molecule has 5 heteroatoms. The molecule has 0 aromatic heterocycles. The molecule has 118 valence electrons. The molecule has 1 saturated carbocycles. The molecule has 1 aliphatic carbocycles. The molecule has 1 saturated heterocycles. The number of carbonyl (C=O) groups excluding carboxylic acids is 1. The Labute approximate surface area is 128 Å². The van der Waals surface area contributed by atoms with Crippen LogP contribution in [0.3, 0.4) is 0 Å². The van der Waals surface area contributed by atoms with E-state index in [0.29, 0.717) is 12.5 Å². The zero-order valence-corrected chi connectivity index (χ0v) is 14.1. The van der Waals surface area contributed by atoms with Crippen LogP contribution in [0, 0.1) is 16.7 Å². The van der Waals surface area contributed by atoms with Crippen molar-refractivity contribution in [3.05, 3.63) is 0 Å². The van der Waals surface area contributed by atoms with E-state index in [1.165, 1.54) is 0 Å². The topological polar surface area (TPSA) is 55.6 Å². The lowest BCUT2D eigenvalue weighted by Crippen LogP contribution is -2.52. The molecule has 2 unspecified atom stereocenters. The number of halogens is 1. The minimum atomic E-state index is 0. The van der Waals surface area contributed by atoms with Gasteiger partial charge in [0.1, 0.15) is 0 Å². The highest BCUT2D eigenvalue weighted by molar-refractivity contribution is 5.85. The minimum absolute atomic E-state index is 0. The molecule has 1 aliphatic heterocycles. The van der Waals surface area contributed by atoms with Gasteiger partial charge in [0.15, 0.2) is 0 Å². The second-order valence-corrected chi connectivity index (χ2v) is 7.18. The number of carbonyl (C=O) groups is 1. The fraction of sp³-hybridized carbons (Fsp3) is 0.933. The summed E-state index contributed by atoms with van der Waals surface area (Å²) in [7, 11) is 1.74. The molecule has 1 amide bonds. The second-order valence-electron chi connectivity index (χ2n) is 7.18. The summed E-state index contributed by atoms with van der Waals surface area (Å²) in [4.78, 5) is 14.8. The van der Waals surface area contributed by atoms with Gasteiger partial charge in [-0.1, -0.05) is 27.7 Å². The first kappa shape index (κ1) is 17.7. The Morgan fingerprint density at radius 2 is 1.85 bits per heavy atom. The molecule has 2 N–H and O–H groups in total. The van der Waals surface area contributed by atoms with E-state index < -0.39 is 0 Å². The number of amides is 1. The van der Waals surface area contributed by atoms with Gasteiger partial charge >= 0.3 is 0 Å². The fourth-order valence-electron chi connectivity index (χ4n) is 3.72. The summed E-state index contributed by atoms with van der Waals surface area (Å²) in [5.74, 6) is 0.424. The number of hydrogen-bond acceptors (Lipinski definition) is 3. The van der Waals surface area contributed by atoms with Crippen molar-refractivity contribution >= 4 is 18.3 Å². The highest BCUT2D eigenvalue weighted by Gasteiger charge is 2.69. The van der Waals surface area contributed by atoms with Gasteiger partial charge in [-0.15, -0.1) is 12.4 Å². The highest BCUT2D eigenvalue weighted by Crippen LogP contribution is 2.68. The van der Waals surface area contributed by atoms with Crippen molar-refractivity contribution in [2.45, 2.75) is 52.7 Å². The minimum Gasteiger partial charge on any atom is -0.381 e. The summed E-state index contributed by atoms with van der Waals surface area (Å²) in [6.45, 7) is 10.1. The van der Waals surface area contributed by atoms with Crippen LogP contribution in [0.2, 0.25) is 0 Å². The predicted octanol–water partition coefficient (Wildman–Crippen LogP) is 2.06. The monoisotopic (exact) mass is 304 g/mol. The third-order valence-corrected chi connectivity index (χ3v) is 5.82. The van der Waals surface area contributed by atoms with Crippen molar-refractivity contribution < 1.29 is 9.53 Å². The maximum absolute atomic E-state index is 12.8. The van der Waals surface area contributed by atoms with Gasteiger partial charge in [-0.3, -0.25) is 4.79 Å². The Kier molecular flexibility index (Phi) is 5.16. The molecular formula is C15H29ClN2O2. The molecule has 20 heavy (non-hydrogen) atoms. The zero-order chi connectivity index (χ0) is 14.4. The summed E-state index contributed by atoms with van der Waals surface area (Å²) >= 11 is 0. The lowest BCUT2D eigenvalue weighted by molar-refractivity contribution is -0.139. The Morgan fingerprint density at radius 3 is 2.25 bits per heavy atom. The van der Waals surface area contributed by atoms with Crippen LogP contribution in [-0.4, -0.2) is 43.2 Å². The van der Waals surface area contributed by atoms with Crippen LogP contribution >= 0.6 is 12.4 Å². The molecule has 0 aromatic rings. The third kappa shape index (κ3) is 2.58. The van der Waals surface area contributed by atoms with Crippen LogP contribution in [0.5, 0.6) is 0 Å². The molecule has 1 heterocycles. The maximum Gasteiger partial charge on any atom is 0.227 e. The zero-order valence-electron chi connectivity index (χ0n) is 13.3. The Balaban J connectivity index is 0.00000200. The molecule has 2 atom stereocenters. The summed E-state index contributed by atoms with van der Waals surface area (Å²) in [5, 5.41) is 0. The van der Waals surface area contributed by atoms with Crippen LogP contribution in [-0.2, 0) is 9.53 Å². The number of nitrogens with zero attached hydrogens (tertiary/aromatic N) is 1. The predicted molar refractivity (Wildman–Crippen MR) is 82.9 cm³/mol. The van der Waals surface area contributed by atoms with E-state index in [2.05, 4.69) is 27.7 Å². The van der Waals surface area contributed by atoms with Gasteiger partial charge in [0.25, 0.3) is 0 Å². The normalized spacial score (nSPS) is 31.6. The smallest absolute Gasteiger partial charge is 0.227 e. The molecule has 0 spiro atoms. The van der Waals surface area contributed by atoms with Gasteiger partial charge in [-0.25, -0.2) is 0 Å². The van der Waals surface area contributed by atoms with Gasteiger partial charge in [0.05, 0.1) is 6.10 Å². The van der Waals surface area contributed by atoms with Crippen molar-refractivity contribution in [2.75, 3.05) is 20.2 Å². The number of piperidine rings is 1. The molecule has 2 aliphatic rings. The highest BCUT2D eigenvalue weighted by atomic mass is 35.5. The second kappa shape index (κ2) is 5.82. The van der Waals surface area contributed by atoms with E-state index in [1.807, 2.05) is 4.90 Å². The first-order valence-electron chi connectivity index (χ1n) is 7.30. The molecule has 4 nitrogen and oxygen atoms in total. The first-order valence-corrected chi connectivity index (χ1v) is 7.30. The van der Waals surface area contributed by atoms with E-state index in [0.717, 1.165) is 19.4 Å². The van der Waals surface area contributed by atoms with Gasteiger partial charge in [0.2, 0.25) is 5.91 Å². The van der Waals surface area contributed by atoms with Crippen molar-refractivity contribution in [1.82, 2.24) is 4.90 Å². The Morgan fingerprint density at radius 1 is 1.30 bits per heavy atom. The van der Waals surface area contributed by atoms with Crippen LogP contribution in [0.25, 0.3) is 0 Å². The largest absolute Gasteiger partial charge is 0.381 e. The van der Waals surface area contributed by atoms with Crippen molar-refractivity contribution in [1.29, 1.82) is 0 Å². The number of likely N-dealkylation sites (tertiary alicyclic amines) is 1. The SMILES string of the molecule is COC1CCN(C(=O)C2C(C)(C)C2(C)C)C(CN)C1.Cl. The number of rotatable bonds is 3. The van der Waals surface area contributed by atoms with Crippen LogP contribution in [0.4, 0.5) is 0 Å². The van der Waals surface area contributed by atoms with Gasteiger partial charge in [-0.05, 0) is 23.7 Å². The lowest BCUT2D eigenvalue weighted by atomic mass is 9.97. The van der Waals surface area contributed by atoms with Crippen LogP contribution in [0.15, 0.2) is 0 Å². The average Bonchev–Trinajstić information content (AvgIpc) is 2.78. The van der Waals surface area contributed by atoms with Crippen molar-refractivity contribution in [2.24, 2.45) is 22.5 Å². The van der Waals surface area contributed by atoms with Crippen molar-refractivity contribution in [3.63, 3.8) is 0 Å². The summed E-state index contributed by atoms with van der Waals surface area (Å²) in [5.41, 5.74) is 6.05. The lowest BCUT2D eigenvalue weighted by Gasteiger charge is -2.39. The third-order valence-electron chi connectivity index (χ3n) is 5.82. The van der Waals surface area contributed by atoms with Gasteiger partial charge in [-0.2, -0.15) is 0 Å². The molecule has 0 bridgehead atoms. The molecule has 0 aromatic carbocycles. The first-order chi connectivity index (χ1) is 8.77. The molecule has 0 radical (unpaired) electrons.